The average molecular weight is 626 g/mol. The third-order valence-corrected chi connectivity index (χ3v) is 9.49. The minimum Gasteiger partial charge on any atom is -0.480 e. The van der Waals surface area contributed by atoms with Gasteiger partial charge in [-0.1, -0.05) is 71.7 Å². The molecule has 2 fully saturated rings. The van der Waals surface area contributed by atoms with Gasteiger partial charge in [-0.05, 0) is 65.9 Å². The van der Waals surface area contributed by atoms with Crippen LogP contribution in [0.1, 0.15) is 71.4 Å². The second-order valence-corrected chi connectivity index (χ2v) is 14.3. The summed E-state index contributed by atoms with van der Waals surface area (Å²) >= 11 is 0. The molecule has 3 aliphatic rings. The Labute approximate surface area is 264 Å². The molecule has 1 aromatic rings. The lowest BCUT2D eigenvalue weighted by Gasteiger charge is -2.35. The Bertz CT molecular complexity index is 1310. The fourth-order valence-corrected chi connectivity index (χ4v) is 6.80. The van der Waals surface area contributed by atoms with Crippen LogP contribution in [0.25, 0.3) is 0 Å². The summed E-state index contributed by atoms with van der Waals surface area (Å²) in [6, 6.07) is 2.74. The number of hydrogen-bond acceptors (Lipinski definition) is 6. The number of nitrogens with two attached hydrogens (primary N) is 1. The van der Waals surface area contributed by atoms with Gasteiger partial charge in [0.25, 0.3) is 5.91 Å². The van der Waals surface area contributed by atoms with Crippen LogP contribution in [-0.4, -0.2) is 76.2 Å². The van der Waals surface area contributed by atoms with Crippen molar-refractivity contribution >= 4 is 35.5 Å². The van der Waals surface area contributed by atoms with Crippen LogP contribution < -0.4 is 21.7 Å². The summed E-state index contributed by atoms with van der Waals surface area (Å²) in [5.41, 5.74) is 6.62. The number of carbonyl (C=O) groups is 6. The molecule has 0 bridgehead atoms. The summed E-state index contributed by atoms with van der Waals surface area (Å²) < 4.78 is 0. The van der Waals surface area contributed by atoms with E-state index in [0.29, 0.717) is 25.7 Å². The van der Waals surface area contributed by atoms with Crippen LogP contribution in [0.4, 0.5) is 4.79 Å². The van der Waals surface area contributed by atoms with E-state index in [4.69, 9.17) is 5.73 Å². The standard InChI is InChI=1S/C33H47N5O7/c1-17(2)22-12-13-38(25(22)29(41)35-23(14-18-10-11-18)26(39)28(34)40)30(42)24(21-15-19-8-6-7-9-20(19)16-21)36-32(45)37-27(31(43)44)33(3,4)5/h6-9,17-18,21-25,27H,10-16H2,1-5H3,(H2,34,40)(H,35,41)(H,43,44)(H2,36,37,45)/t22?,23?,24-,25-,27+/m0/s1. The number of benzene rings is 1. The summed E-state index contributed by atoms with van der Waals surface area (Å²) in [4.78, 5) is 79.6. The van der Waals surface area contributed by atoms with E-state index in [-0.39, 0.29) is 30.2 Å². The molecule has 1 heterocycles. The predicted molar refractivity (Wildman–Crippen MR) is 166 cm³/mol. The summed E-state index contributed by atoms with van der Waals surface area (Å²) in [6.07, 6.45) is 3.68. The number of primary amides is 1. The lowest BCUT2D eigenvalue weighted by atomic mass is 9.87. The van der Waals surface area contributed by atoms with Gasteiger partial charge in [0.05, 0.1) is 6.04 Å². The van der Waals surface area contributed by atoms with Crippen LogP contribution in [-0.2, 0) is 36.8 Å². The fourth-order valence-electron chi connectivity index (χ4n) is 6.80. The third-order valence-electron chi connectivity index (χ3n) is 9.49. The van der Waals surface area contributed by atoms with Gasteiger partial charge in [0.1, 0.15) is 18.1 Å². The van der Waals surface area contributed by atoms with Crippen molar-refractivity contribution in [1.29, 1.82) is 0 Å². The Morgan fingerprint density at radius 2 is 1.56 bits per heavy atom. The number of nitrogens with one attached hydrogen (secondary N) is 3. The van der Waals surface area contributed by atoms with Crippen LogP contribution in [0.5, 0.6) is 0 Å². The summed E-state index contributed by atoms with van der Waals surface area (Å²) in [6.45, 7) is 9.27. The molecule has 12 heteroatoms. The van der Waals surface area contributed by atoms with E-state index in [1.807, 2.05) is 38.1 Å². The number of rotatable bonds is 12. The molecule has 1 saturated carbocycles. The SMILES string of the molecule is CC(C)C1CCN(C(=O)[C@@H](NC(=O)N[C@H](C(=O)O)C(C)(C)C)C2Cc3ccccc3C2)[C@@H]1C(=O)NC(CC1CC1)C(=O)C(N)=O. The van der Waals surface area contributed by atoms with Crippen molar-refractivity contribution in [2.24, 2.45) is 34.8 Å². The second-order valence-electron chi connectivity index (χ2n) is 14.3. The number of amides is 5. The number of hydrogen-bond donors (Lipinski definition) is 5. The number of aliphatic carboxylic acids is 1. The maximum absolute atomic E-state index is 14.5. The van der Waals surface area contributed by atoms with E-state index < -0.39 is 65.1 Å². The molecular formula is C33H47N5O7. The van der Waals surface area contributed by atoms with Gasteiger partial charge in [-0.2, -0.15) is 0 Å². The maximum Gasteiger partial charge on any atom is 0.326 e. The molecule has 1 aliphatic heterocycles. The fraction of sp³-hybridized carbons (Fsp3) is 0.636. The molecular weight excluding hydrogens is 578 g/mol. The highest BCUT2D eigenvalue weighted by atomic mass is 16.4. The molecule has 246 valence electrons. The van der Waals surface area contributed by atoms with Crippen molar-refractivity contribution in [3.8, 4) is 0 Å². The topological polar surface area (TPSA) is 188 Å². The molecule has 45 heavy (non-hydrogen) atoms. The van der Waals surface area contributed by atoms with Gasteiger partial charge in [0.15, 0.2) is 0 Å². The zero-order valence-electron chi connectivity index (χ0n) is 26.8. The maximum atomic E-state index is 14.5. The Hall–Kier alpha value is -3.96. The van der Waals surface area contributed by atoms with Crippen LogP contribution in [0.2, 0.25) is 0 Å². The Kier molecular flexibility index (Phi) is 10.2. The monoisotopic (exact) mass is 625 g/mol. The van der Waals surface area contributed by atoms with Gasteiger partial charge >= 0.3 is 12.0 Å². The van der Waals surface area contributed by atoms with E-state index >= 15 is 0 Å². The molecule has 5 atom stereocenters. The highest BCUT2D eigenvalue weighted by Gasteiger charge is 2.48. The van der Waals surface area contributed by atoms with E-state index in [0.717, 1.165) is 24.0 Å². The average Bonchev–Trinajstić information content (AvgIpc) is 3.48. The summed E-state index contributed by atoms with van der Waals surface area (Å²) in [7, 11) is 0. The molecule has 0 radical (unpaired) electrons. The number of carboxylic acid groups (broad SMARTS) is 1. The Balaban J connectivity index is 1.62. The highest BCUT2D eigenvalue weighted by Crippen LogP contribution is 2.36. The minimum atomic E-state index is -1.21. The Morgan fingerprint density at radius 3 is 2.04 bits per heavy atom. The molecule has 4 rings (SSSR count). The first-order chi connectivity index (χ1) is 21.1. The lowest BCUT2D eigenvalue weighted by molar-refractivity contribution is -0.144. The first-order valence-electron chi connectivity index (χ1n) is 15.9. The number of fused-ring (bicyclic) bond motifs is 1. The zero-order valence-corrected chi connectivity index (χ0v) is 26.8. The quantitative estimate of drug-likeness (QED) is 0.219. The van der Waals surface area contributed by atoms with Crippen LogP contribution in [0.3, 0.4) is 0 Å². The predicted octanol–water partition coefficient (Wildman–Crippen LogP) is 1.78. The van der Waals surface area contributed by atoms with Gasteiger partial charge in [-0.15, -0.1) is 0 Å². The lowest BCUT2D eigenvalue weighted by Crippen LogP contribution is -2.61. The van der Waals surface area contributed by atoms with Crippen molar-refractivity contribution in [3.05, 3.63) is 35.4 Å². The van der Waals surface area contributed by atoms with E-state index in [9.17, 15) is 33.9 Å². The molecule has 6 N–H and O–H groups in total. The van der Waals surface area contributed by atoms with Crippen molar-refractivity contribution < 1.29 is 33.9 Å². The highest BCUT2D eigenvalue weighted by molar-refractivity contribution is 6.37. The second kappa shape index (κ2) is 13.6. The van der Waals surface area contributed by atoms with Crippen molar-refractivity contribution in [3.63, 3.8) is 0 Å². The summed E-state index contributed by atoms with van der Waals surface area (Å²) in [5.74, 6) is -4.49. The van der Waals surface area contributed by atoms with Crippen molar-refractivity contribution in [2.75, 3.05) is 6.54 Å². The van der Waals surface area contributed by atoms with E-state index in [2.05, 4.69) is 16.0 Å². The van der Waals surface area contributed by atoms with E-state index in [1.54, 1.807) is 20.8 Å². The number of Topliss-reactive ketones (excluding diaryl/α,β-unsaturated/α-hetero) is 1. The number of urea groups is 1. The smallest absolute Gasteiger partial charge is 0.326 e. The molecule has 1 saturated heterocycles. The number of carbonyl (C=O) groups excluding carboxylic acids is 5. The summed E-state index contributed by atoms with van der Waals surface area (Å²) in [5, 5.41) is 17.8. The first kappa shape index (κ1) is 33.9. The van der Waals surface area contributed by atoms with Gasteiger partial charge in [0, 0.05) is 6.54 Å². The molecule has 2 aliphatic carbocycles. The number of nitrogens with zero attached hydrogens (tertiary/aromatic N) is 1. The van der Waals surface area contributed by atoms with Gasteiger partial charge in [0.2, 0.25) is 17.6 Å². The normalized spacial score (nSPS) is 21.9. The van der Waals surface area contributed by atoms with Gasteiger partial charge in [-0.25, -0.2) is 9.59 Å². The minimum absolute atomic E-state index is 0.0147. The molecule has 5 amide bonds. The molecule has 0 aromatic heterocycles. The van der Waals surface area contributed by atoms with Crippen molar-refractivity contribution in [2.45, 2.75) is 97.3 Å². The molecule has 12 nitrogen and oxygen atoms in total. The Morgan fingerprint density at radius 1 is 0.956 bits per heavy atom. The first-order valence-corrected chi connectivity index (χ1v) is 15.9. The van der Waals surface area contributed by atoms with Crippen LogP contribution in [0.15, 0.2) is 24.3 Å². The third kappa shape index (κ3) is 8.01. The number of ketones is 1. The van der Waals surface area contributed by atoms with Gasteiger partial charge < -0.3 is 31.7 Å². The molecule has 0 spiro atoms. The molecule has 1 aromatic carbocycles. The van der Waals surface area contributed by atoms with Crippen molar-refractivity contribution in [1.82, 2.24) is 20.9 Å². The van der Waals surface area contributed by atoms with Gasteiger partial charge in [-0.3, -0.25) is 19.2 Å². The number of carboxylic acids is 1. The van der Waals surface area contributed by atoms with Crippen LogP contribution >= 0.6 is 0 Å². The van der Waals surface area contributed by atoms with E-state index in [1.165, 1.54) is 4.90 Å². The van der Waals surface area contributed by atoms with Crippen LogP contribution in [0, 0.1) is 29.1 Å². The molecule has 2 unspecified atom stereocenters. The largest absolute Gasteiger partial charge is 0.480 e. The number of likely N-dealkylation sites (tertiary alicyclic amines) is 1. The zero-order chi connectivity index (χ0) is 33.2.